The average Bonchev–Trinajstić information content (AvgIpc) is 3.01. The Labute approximate surface area is 137 Å². The van der Waals surface area contributed by atoms with Crippen LogP contribution in [0.4, 0.5) is 0 Å². The maximum Gasteiger partial charge on any atom is 0.231 e. The molecule has 2 amide bonds. The van der Waals surface area contributed by atoms with Gasteiger partial charge in [-0.25, -0.2) is 9.50 Å². The first-order valence-corrected chi connectivity index (χ1v) is 8.43. The second kappa shape index (κ2) is 6.63. The highest BCUT2D eigenvalue weighted by molar-refractivity contribution is 7.16. The van der Waals surface area contributed by atoms with Gasteiger partial charge >= 0.3 is 0 Å². The Morgan fingerprint density at radius 2 is 2.35 bits per heavy atom. The molecular formula is C14H20N6O2S. The van der Waals surface area contributed by atoms with Crippen molar-refractivity contribution in [1.82, 2.24) is 24.8 Å². The molecule has 1 saturated heterocycles. The first-order valence-electron chi connectivity index (χ1n) is 7.61. The molecule has 0 bridgehead atoms. The van der Waals surface area contributed by atoms with Crippen LogP contribution in [-0.4, -0.2) is 50.9 Å². The van der Waals surface area contributed by atoms with E-state index >= 15 is 0 Å². The van der Waals surface area contributed by atoms with E-state index in [2.05, 4.69) is 15.4 Å². The van der Waals surface area contributed by atoms with Crippen LogP contribution in [0.5, 0.6) is 0 Å². The zero-order valence-electron chi connectivity index (χ0n) is 13.0. The molecule has 124 valence electrons. The highest BCUT2D eigenvalue weighted by atomic mass is 32.1. The van der Waals surface area contributed by atoms with Crippen LogP contribution < -0.4 is 11.1 Å². The van der Waals surface area contributed by atoms with Gasteiger partial charge in [-0.1, -0.05) is 11.3 Å². The highest BCUT2D eigenvalue weighted by Crippen LogP contribution is 2.17. The SMILES string of the molecule is Cc1nn2cc(CNC(=O)[C@H]3CCCN(CC(N)=O)C3)nc2s1. The van der Waals surface area contributed by atoms with Gasteiger partial charge < -0.3 is 11.1 Å². The molecule has 2 aromatic rings. The Kier molecular flexibility index (Phi) is 4.58. The number of aryl methyl sites for hydroxylation is 1. The molecule has 3 rings (SSSR count). The molecule has 0 saturated carbocycles. The summed E-state index contributed by atoms with van der Waals surface area (Å²) < 4.78 is 1.73. The van der Waals surface area contributed by atoms with Gasteiger partial charge in [0.05, 0.1) is 30.9 Å². The first kappa shape index (κ1) is 15.9. The summed E-state index contributed by atoms with van der Waals surface area (Å²) in [5, 5.41) is 8.18. The summed E-state index contributed by atoms with van der Waals surface area (Å²) in [6, 6.07) is 0. The summed E-state index contributed by atoms with van der Waals surface area (Å²) in [4.78, 5) is 30.5. The zero-order valence-corrected chi connectivity index (χ0v) is 13.8. The number of primary amides is 1. The van der Waals surface area contributed by atoms with Gasteiger partial charge in [-0.2, -0.15) is 5.10 Å². The topological polar surface area (TPSA) is 106 Å². The molecular weight excluding hydrogens is 316 g/mol. The van der Waals surface area contributed by atoms with Crippen LogP contribution in [0, 0.1) is 12.8 Å². The van der Waals surface area contributed by atoms with Crippen molar-refractivity contribution in [2.75, 3.05) is 19.6 Å². The minimum Gasteiger partial charge on any atom is -0.369 e. The highest BCUT2D eigenvalue weighted by Gasteiger charge is 2.26. The van der Waals surface area contributed by atoms with Gasteiger partial charge in [0.2, 0.25) is 16.8 Å². The number of nitrogens with two attached hydrogens (primary N) is 1. The van der Waals surface area contributed by atoms with Gasteiger partial charge in [0.25, 0.3) is 0 Å². The second-order valence-corrected chi connectivity index (χ2v) is 7.00. The standard InChI is InChI=1S/C14H20N6O2S/c1-9-18-20-7-11(17-14(20)23-9)5-16-13(22)10-3-2-4-19(6-10)8-12(15)21/h7,10H,2-6,8H2,1H3,(H2,15,21)(H,16,22)/t10-/m0/s1. The molecule has 0 radical (unpaired) electrons. The van der Waals surface area contributed by atoms with Crippen LogP contribution in [0.2, 0.25) is 0 Å². The Morgan fingerprint density at radius 3 is 3.09 bits per heavy atom. The molecule has 3 heterocycles. The van der Waals surface area contributed by atoms with Crippen LogP contribution in [0.1, 0.15) is 23.5 Å². The fourth-order valence-electron chi connectivity index (χ4n) is 2.89. The quantitative estimate of drug-likeness (QED) is 0.794. The third kappa shape index (κ3) is 3.85. The van der Waals surface area contributed by atoms with Gasteiger partial charge in [-0.3, -0.25) is 14.5 Å². The number of fused-ring (bicyclic) bond motifs is 1. The van der Waals surface area contributed by atoms with Crippen molar-refractivity contribution in [3.8, 4) is 0 Å². The molecule has 23 heavy (non-hydrogen) atoms. The van der Waals surface area contributed by atoms with Crippen LogP contribution in [0.3, 0.4) is 0 Å². The van der Waals surface area contributed by atoms with Gasteiger partial charge in [0.1, 0.15) is 5.01 Å². The third-order valence-electron chi connectivity index (χ3n) is 3.89. The van der Waals surface area contributed by atoms with E-state index in [4.69, 9.17) is 5.73 Å². The lowest BCUT2D eigenvalue weighted by atomic mass is 9.97. The van der Waals surface area contributed by atoms with Crippen LogP contribution in [0.25, 0.3) is 4.96 Å². The normalized spacial score (nSPS) is 19.1. The molecule has 0 aliphatic carbocycles. The van der Waals surface area contributed by atoms with E-state index in [0.29, 0.717) is 13.1 Å². The number of likely N-dealkylation sites (tertiary alicyclic amines) is 1. The number of carbonyl (C=O) groups is 2. The lowest BCUT2D eigenvalue weighted by molar-refractivity contribution is -0.128. The fraction of sp³-hybridized carbons (Fsp3) is 0.571. The number of hydrogen-bond acceptors (Lipinski definition) is 6. The predicted octanol–water partition coefficient (Wildman–Crippen LogP) is -0.0873. The first-order chi connectivity index (χ1) is 11.0. The van der Waals surface area contributed by atoms with Crippen molar-refractivity contribution in [1.29, 1.82) is 0 Å². The molecule has 9 heteroatoms. The Bertz CT molecular complexity index is 692. The largest absolute Gasteiger partial charge is 0.369 e. The van der Waals surface area contributed by atoms with Gasteiger partial charge in [-0.15, -0.1) is 0 Å². The van der Waals surface area contributed by atoms with Crippen molar-refractivity contribution in [3.63, 3.8) is 0 Å². The maximum absolute atomic E-state index is 12.3. The van der Waals surface area contributed by atoms with E-state index in [0.717, 1.165) is 35.0 Å². The Balaban J connectivity index is 1.53. The van der Waals surface area contributed by atoms with Crippen molar-refractivity contribution < 1.29 is 9.59 Å². The lowest BCUT2D eigenvalue weighted by Gasteiger charge is -2.30. The molecule has 8 nitrogen and oxygen atoms in total. The molecule has 1 atom stereocenters. The van der Waals surface area contributed by atoms with E-state index in [-0.39, 0.29) is 24.3 Å². The van der Waals surface area contributed by atoms with Gasteiger partial charge in [0, 0.05) is 6.54 Å². The smallest absolute Gasteiger partial charge is 0.231 e. The van der Waals surface area contributed by atoms with E-state index in [1.54, 1.807) is 4.52 Å². The number of piperidine rings is 1. The third-order valence-corrected chi connectivity index (χ3v) is 4.73. The number of aromatic nitrogens is 3. The van der Waals surface area contributed by atoms with E-state index < -0.39 is 0 Å². The molecule has 2 aromatic heterocycles. The van der Waals surface area contributed by atoms with Crippen molar-refractivity contribution in [3.05, 3.63) is 16.9 Å². The summed E-state index contributed by atoms with van der Waals surface area (Å²) in [7, 11) is 0. The summed E-state index contributed by atoms with van der Waals surface area (Å²) in [5.41, 5.74) is 6.01. The summed E-state index contributed by atoms with van der Waals surface area (Å²) in [5.74, 6) is -0.459. The van der Waals surface area contributed by atoms with Crippen LogP contribution in [-0.2, 0) is 16.1 Å². The minimum absolute atomic E-state index is 0.000310. The summed E-state index contributed by atoms with van der Waals surface area (Å²) in [6.07, 6.45) is 3.56. The Hall–Kier alpha value is -2.00. The Morgan fingerprint density at radius 1 is 1.52 bits per heavy atom. The fourth-order valence-corrected chi connectivity index (χ4v) is 3.63. The maximum atomic E-state index is 12.3. The van der Waals surface area contributed by atoms with Gasteiger partial charge in [0.15, 0.2) is 0 Å². The molecule has 1 fully saturated rings. The van der Waals surface area contributed by atoms with E-state index in [1.807, 2.05) is 18.0 Å². The number of nitrogens with zero attached hydrogens (tertiary/aromatic N) is 4. The van der Waals surface area contributed by atoms with E-state index in [9.17, 15) is 9.59 Å². The molecule has 3 N–H and O–H groups in total. The number of amides is 2. The molecule has 0 unspecified atom stereocenters. The average molecular weight is 336 g/mol. The molecule has 0 aromatic carbocycles. The van der Waals surface area contributed by atoms with Crippen LogP contribution in [0.15, 0.2) is 6.20 Å². The number of rotatable bonds is 5. The van der Waals surface area contributed by atoms with Crippen molar-refractivity contribution in [2.24, 2.45) is 11.7 Å². The number of nitrogens with one attached hydrogen (secondary N) is 1. The molecule has 0 spiro atoms. The number of carbonyl (C=O) groups excluding carboxylic acids is 2. The number of hydrogen-bond donors (Lipinski definition) is 2. The summed E-state index contributed by atoms with van der Waals surface area (Å²) in [6.45, 7) is 3.93. The van der Waals surface area contributed by atoms with Crippen LogP contribution >= 0.6 is 11.3 Å². The molecule has 1 aliphatic rings. The van der Waals surface area contributed by atoms with E-state index in [1.165, 1.54) is 11.3 Å². The molecule has 1 aliphatic heterocycles. The minimum atomic E-state index is -0.355. The monoisotopic (exact) mass is 336 g/mol. The number of imidazole rings is 1. The van der Waals surface area contributed by atoms with Crippen molar-refractivity contribution >= 4 is 28.1 Å². The lowest BCUT2D eigenvalue weighted by Crippen LogP contribution is -2.45. The van der Waals surface area contributed by atoms with Gasteiger partial charge in [-0.05, 0) is 26.3 Å². The van der Waals surface area contributed by atoms with Crippen molar-refractivity contribution in [2.45, 2.75) is 26.3 Å². The zero-order chi connectivity index (χ0) is 16.4. The predicted molar refractivity (Wildman–Crippen MR) is 85.8 cm³/mol. The summed E-state index contributed by atoms with van der Waals surface area (Å²) >= 11 is 1.52. The second-order valence-electron chi connectivity index (χ2n) is 5.84.